The molecule has 32 heavy (non-hydrogen) atoms. The molecule has 1 aromatic heterocycles. The lowest BCUT2D eigenvalue weighted by atomic mass is 10.1. The summed E-state index contributed by atoms with van der Waals surface area (Å²) in [5, 5.41) is 8.37. The van der Waals surface area contributed by atoms with E-state index in [9.17, 15) is 9.59 Å². The summed E-state index contributed by atoms with van der Waals surface area (Å²) in [4.78, 5) is 28.3. The van der Waals surface area contributed by atoms with Crippen molar-refractivity contribution in [2.75, 3.05) is 10.6 Å². The van der Waals surface area contributed by atoms with Crippen LogP contribution in [0.25, 0.3) is 11.3 Å². The average Bonchev–Trinajstić information content (AvgIpc) is 3.31. The van der Waals surface area contributed by atoms with Gasteiger partial charge in [0, 0.05) is 23.5 Å². The molecule has 3 rings (SSSR count). The van der Waals surface area contributed by atoms with Crippen molar-refractivity contribution >= 4 is 23.5 Å². The quantitative estimate of drug-likeness (QED) is 0.419. The number of amides is 3. The number of rotatable bonds is 8. The number of hydrogen-bond acceptors (Lipinski definition) is 5. The normalized spacial score (nSPS) is 10.6. The van der Waals surface area contributed by atoms with Gasteiger partial charge in [0.2, 0.25) is 0 Å². The number of carbonyl (C=O) groups is 2. The Bertz CT molecular complexity index is 1050. The van der Waals surface area contributed by atoms with Gasteiger partial charge >= 0.3 is 12.1 Å². The van der Waals surface area contributed by atoms with Gasteiger partial charge in [-0.15, -0.1) is 0 Å². The molecule has 3 N–H and O–H groups in total. The van der Waals surface area contributed by atoms with Crippen LogP contribution in [0.4, 0.5) is 21.0 Å². The Balaban J connectivity index is 1.54. The Morgan fingerprint density at radius 3 is 2.47 bits per heavy atom. The summed E-state index contributed by atoms with van der Waals surface area (Å²) in [6, 6.07) is 12.4. The van der Waals surface area contributed by atoms with E-state index in [1.165, 1.54) is 6.39 Å². The maximum atomic E-state index is 12.4. The second-order valence-electron chi connectivity index (χ2n) is 7.37. The molecule has 0 spiro atoms. The Hall–Kier alpha value is -3.81. The third-order valence-corrected chi connectivity index (χ3v) is 4.99. The zero-order chi connectivity index (χ0) is 22.9. The van der Waals surface area contributed by atoms with Gasteiger partial charge in [0.05, 0.1) is 6.20 Å². The Morgan fingerprint density at radius 2 is 1.81 bits per heavy atom. The van der Waals surface area contributed by atoms with E-state index in [4.69, 9.17) is 9.15 Å². The molecule has 0 saturated carbocycles. The molecule has 3 aromatic rings. The molecule has 1 heterocycles. The first-order valence-corrected chi connectivity index (χ1v) is 10.6. The third-order valence-electron chi connectivity index (χ3n) is 4.99. The number of anilines is 2. The van der Waals surface area contributed by atoms with Gasteiger partial charge in [-0.05, 0) is 61.2 Å². The predicted molar refractivity (Wildman–Crippen MR) is 123 cm³/mol. The van der Waals surface area contributed by atoms with Gasteiger partial charge in [-0.25, -0.2) is 14.6 Å². The van der Waals surface area contributed by atoms with Crippen LogP contribution in [-0.4, -0.2) is 23.2 Å². The number of nitrogens with zero attached hydrogens (tertiary/aromatic N) is 1. The van der Waals surface area contributed by atoms with E-state index in [1.54, 1.807) is 24.4 Å². The third kappa shape index (κ3) is 6.34. The number of nitrogens with one attached hydrogen (secondary N) is 3. The molecule has 0 radical (unpaired) electrons. The molecule has 8 nitrogen and oxygen atoms in total. The Morgan fingerprint density at radius 1 is 1.06 bits per heavy atom. The van der Waals surface area contributed by atoms with Gasteiger partial charge in [0.15, 0.2) is 12.2 Å². The number of aryl methyl sites for hydroxylation is 1. The molecule has 2 aromatic carbocycles. The molecule has 0 aliphatic heterocycles. The van der Waals surface area contributed by atoms with E-state index < -0.39 is 6.09 Å². The van der Waals surface area contributed by atoms with Gasteiger partial charge in [-0.3, -0.25) is 0 Å². The van der Waals surface area contributed by atoms with E-state index in [2.05, 4.69) is 20.9 Å². The van der Waals surface area contributed by atoms with Gasteiger partial charge in [-0.2, -0.15) is 0 Å². The van der Waals surface area contributed by atoms with Crippen LogP contribution in [0, 0.1) is 6.92 Å². The van der Waals surface area contributed by atoms with Crippen LogP contribution in [0.3, 0.4) is 0 Å². The number of alkyl carbamates (subject to hydrolysis) is 1. The maximum Gasteiger partial charge on any atom is 0.407 e. The fourth-order valence-electron chi connectivity index (χ4n) is 3.24. The number of urea groups is 1. The number of hydrogen-bond donors (Lipinski definition) is 3. The highest BCUT2D eigenvalue weighted by molar-refractivity contribution is 6.00. The first kappa shape index (κ1) is 22.9. The molecule has 8 heteroatoms. The summed E-state index contributed by atoms with van der Waals surface area (Å²) >= 11 is 0. The lowest BCUT2D eigenvalue weighted by molar-refractivity contribution is 0.0925. The SMILES string of the molecule is CCC(CC)OC(=O)NCc1cccc(NC(=O)Nc2ccc(-c3cnco3)c(C)c2)c1. The zero-order valence-electron chi connectivity index (χ0n) is 18.5. The van der Waals surface area contributed by atoms with Gasteiger partial charge in [0.25, 0.3) is 0 Å². The predicted octanol–water partition coefficient (Wildman–Crippen LogP) is 5.71. The van der Waals surface area contributed by atoms with Crippen LogP contribution in [0.15, 0.2) is 59.5 Å². The molecule has 3 amide bonds. The van der Waals surface area contributed by atoms with Crippen molar-refractivity contribution in [1.29, 1.82) is 0 Å². The smallest absolute Gasteiger partial charge is 0.407 e. The average molecular weight is 437 g/mol. The summed E-state index contributed by atoms with van der Waals surface area (Å²) in [5.74, 6) is 0.674. The minimum Gasteiger partial charge on any atom is -0.446 e. The van der Waals surface area contributed by atoms with Crippen LogP contribution in [-0.2, 0) is 11.3 Å². The minimum absolute atomic E-state index is 0.0832. The van der Waals surface area contributed by atoms with Crippen LogP contribution in [0.1, 0.15) is 37.8 Å². The topological polar surface area (TPSA) is 105 Å². The number of benzene rings is 2. The van der Waals surface area contributed by atoms with Crippen LogP contribution in [0.2, 0.25) is 0 Å². The molecular weight excluding hydrogens is 408 g/mol. The zero-order valence-corrected chi connectivity index (χ0v) is 18.5. The highest BCUT2D eigenvalue weighted by Crippen LogP contribution is 2.25. The number of aromatic nitrogens is 1. The number of ether oxygens (including phenoxy) is 1. The largest absolute Gasteiger partial charge is 0.446 e. The van der Waals surface area contributed by atoms with Crippen molar-refractivity contribution < 1.29 is 18.7 Å². The van der Waals surface area contributed by atoms with Gasteiger partial charge in [-0.1, -0.05) is 26.0 Å². The Labute approximate surface area is 187 Å². The highest BCUT2D eigenvalue weighted by Gasteiger charge is 2.11. The van der Waals surface area contributed by atoms with Crippen molar-refractivity contribution in [2.24, 2.45) is 0 Å². The van der Waals surface area contributed by atoms with Gasteiger partial charge in [0.1, 0.15) is 6.10 Å². The summed E-state index contributed by atoms with van der Waals surface area (Å²) in [6.45, 7) is 6.20. The maximum absolute atomic E-state index is 12.4. The molecule has 0 saturated heterocycles. The first-order chi connectivity index (χ1) is 15.5. The van der Waals surface area contributed by atoms with Crippen molar-refractivity contribution in [1.82, 2.24) is 10.3 Å². The monoisotopic (exact) mass is 436 g/mol. The highest BCUT2D eigenvalue weighted by atomic mass is 16.6. The fourth-order valence-corrected chi connectivity index (χ4v) is 3.24. The molecule has 0 atom stereocenters. The molecule has 168 valence electrons. The fraction of sp³-hybridized carbons (Fsp3) is 0.292. The summed E-state index contributed by atoms with van der Waals surface area (Å²) in [5.41, 5.74) is 3.98. The Kier molecular flexibility index (Phi) is 7.85. The van der Waals surface area contributed by atoms with Gasteiger partial charge < -0.3 is 25.1 Å². The summed E-state index contributed by atoms with van der Waals surface area (Å²) < 4.78 is 10.7. The molecule has 0 aliphatic carbocycles. The second-order valence-corrected chi connectivity index (χ2v) is 7.37. The van der Waals surface area contributed by atoms with Crippen molar-refractivity contribution in [3.05, 3.63) is 66.2 Å². The lowest BCUT2D eigenvalue weighted by Crippen LogP contribution is -2.28. The standard InChI is InChI=1S/C24H28N4O4/c1-4-20(5-2)32-24(30)26-13-17-7-6-8-18(12-17)27-23(29)28-19-9-10-21(16(3)11-19)22-14-25-15-31-22/h6-12,14-15,20H,4-5,13H2,1-3H3,(H,26,30)(H2,27,28,29). The van der Waals surface area contributed by atoms with E-state index in [0.29, 0.717) is 23.7 Å². The van der Waals surface area contributed by atoms with Crippen molar-refractivity contribution in [2.45, 2.75) is 46.3 Å². The molecule has 0 fully saturated rings. The minimum atomic E-state index is -0.445. The second kappa shape index (κ2) is 11.0. The van der Waals surface area contributed by atoms with E-state index in [0.717, 1.165) is 29.5 Å². The van der Waals surface area contributed by atoms with Crippen LogP contribution < -0.4 is 16.0 Å². The van der Waals surface area contributed by atoms with Crippen molar-refractivity contribution in [3.8, 4) is 11.3 Å². The van der Waals surface area contributed by atoms with E-state index in [-0.39, 0.29) is 12.1 Å². The molecular formula is C24H28N4O4. The lowest BCUT2D eigenvalue weighted by Gasteiger charge is -2.15. The first-order valence-electron chi connectivity index (χ1n) is 10.6. The van der Waals surface area contributed by atoms with Crippen molar-refractivity contribution in [3.63, 3.8) is 0 Å². The molecule has 0 aliphatic rings. The summed E-state index contributed by atoms with van der Waals surface area (Å²) in [6.07, 6.45) is 4.06. The van der Waals surface area contributed by atoms with Crippen LogP contribution >= 0.6 is 0 Å². The molecule has 0 bridgehead atoms. The van der Waals surface area contributed by atoms with E-state index in [1.807, 2.05) is 45.0 Å². The number of carbonyl (C=O) groups excluding carboxylic acids is 2. The number of oxazole rings is 1. The van der Waals surface area contributed by atoms with E-state index >= 15 is 0 Å². The van der Waals surface area contributed by atoms with Crippen LogP contribution in [0.5, 0.6) is 0 Å². The summed E-state index contributed by atoms with van der Waals surface area (Å²) in [7, 11) is 0. The molecule has 0 unspecified atom stereocenters.